The van der Waals surface area contributed by atoms with Crippen LogP contribution in [0.2, 0.25) is 0 Å². The summed E-state index contributed by atoms with van der Waals surface area (Å²) in [5, 5.41) is 0. The van der Waals surface area contributed by atoms with Crippen LogP contribution in [0.25, 0.3) is 0 Å². The number of hydrogen-bond donors (Lipinski definition) is 0. The number of halogens is 1. The molecule has 2 rings (SSSR count). The van der Waals surface area contributed by atoms with Crippen molar-refractivity contribution in [2.45, 2.75) is 20.8 Å². The van der Waals surface area contributed by atoms with E-state index in [-0.39, 0.29) is 18.3 Å². The predicted octanol–water partition coefficient (Wildman–Crippen LogP) is 3.87. The Morgan fingerprint density at radius 2 is 1.82 bits per heavy atom. The Morgan fingerprint density at radius 1 is 1.14 bits per heavy atom. The highest BCUT2D eigenvalue weighted by atomic mass is 19.1. The first-order chi connectivity index (χ1) is 10.5. The van der Waals surface area contributed by atoms with Gasteiger partial charge in [0.1, 0.15) is 11.6 Å². The largest absolute Gasteiger partial charge is 0.483 e. The van der Waals surface area contributed by atoms with Crippen LogP contribution >= 0.6 is 0 Å². The van der Waals surface area contributed by atoms with E-state index in [4.69, 9.17) is 4.74 Å². The summed E-state index contributed by atoms with van der Waals surface area (Å²) in [6, 6.07) is 11.8. The van der Waals surface area contributed by atoms with Gasteiger partial charge in [0.05, 0.1) is 0 Å². The fraction of sp³-hybridized carbons (Fsp3) is 0.278. The van der Waals surface area contributed by atoms with E-state index in [1.807, 2.05) is 39.0 Å². The highest BCUT2D eigenvalue weighted by Crippen LogP contribution is 2.20. The third-order valence-corrected chi connectivity index (χ3v) is 3.45. The fourth-order valence-corrected chi connectivity index (χ4v) is 2.20. The summed E-state index contributed by atoms with van der Waals surface area (Å²) in [5.74, 6) is 0.234. The van der Waals surface area contributed by atoms with E-state index in [0.717, 1.165) is 11.1 Å². The molecule has 116 valence electrons. The normalized spacial score (nSPS) is 10.4. The van der Waals surface area contributed by atoms with Crippen LogP contribution in [0.15, 0.2) is 42.5 Å². The lowest BCUT2D eigenvalue weighted by Gasteiger charge is -2.21. The molecule has 2 aromatic carbocycles. The number of nitrogens with zero attached hydrogens (tertiary/aromatic N) is 1. The Balaban J connectivity index is 2.06. The van der Waals surface area contributed by atoms with E-state index in [0.29, 0.717) is 18.0 Å². The van der Waals surface area contributed by atoms with Crippen molar-refractivity contribution in [2.75, 3.05) is 18.1 Å². The van der Waals surface area contributed by atoms with Gasteiger partial charge in [-0.2, -0.15) is 0 Å². The monoisotopic (exact) mass is 301 g/mol. The molecular weight excluding hydrogens is 281 g/mol. The molecule has 22 heavy (non-hydrogen) atoms. The van der Waals surface area contributed by atoms with E-state index in [2.05, 4.69) is 0 Å². The summed E-state index contributed by atoms with van der Waals surface area (Å²) in [5.41, 5.74) is 2.74. The van der Waals surface area contributed by atoms with Crippen molar-refractivity contribution in [1.82, 2.24) is 0 Å². The van der Waals surface area contributed by atoms with Gasteiger partial charge in [0.15, 0.2) is 6.61 Å². The number of likely N-dealkylation sites (N-methyl/N-ethyl adjacent to an activating group) is 1. The first-order valence-electron chi connectivity index (χ1n) is 7.27. The van der Waals surface area contributed by atoms with E-state index in [1.54, 1.807) is 17.0 Å². The van der Waals surface area contributed by atoms with Crippen molar-refractivity contribution in [3.8, 4) is 5.75 Å². The maximum atomic E-state index is 13.0. The van der Waals surface area contributed by atoms with Gasteiger partial charge in [0, 0.05) is 12.2 Å². The number of rotatable bonds is 5. The van der Waals surface area contributed by atoms with Crippen molar-refractivity contribution < 1.29 is 13.9 Å². The second kappa shape index (κ2) is 7.07. The minimum atomic E-state index is -0.320. The van der Waals surface area contributed by atoms with Crippen LogP contribution in [0, 0.1) is 19.7 Å². The number of carbonyl (C=O) groups excluding carboxylic acids is 1. The lowest BCUT2D eigenvalue weighted by atomic mass is 10.1. The van der Waals surface area contributed by atoms with Crippen LogP contribution in [0.1, 0.15) is 18.1 Å². The van der Waals surface area contributed by atoms with Gasteiger partial charge in [0.25, 0.3) is 5.91 Å². The van der Waals surface area contributed by atoms with Crippen LogP contribution < -0.4 is 9.64 Å². The van der Waals surface area contributed by atoms with Crippen molar-refractivity contribution in [2.24, 2.45) is 0 Å². The maximum Gasteiger partial charge on any atom is 0.264 e. The molecular formula is C18H20FNO2. The van der Waals surface area contributed by atoms with Gasteiger partial charge in [-0.25, -0.2) is 4.39 Å². The average Bonchev–Trinajstić information content (AvgIpc) is 2.51. The van der Waals surface area contributed by atoms with Crippen molar-refractivity contribution in [3.05, 3.63) is 59.4 Å². The molecule has 1 amide bonds. The topological polar surface area (TPSA) is 29.5 Å². The summed E-state index contributed by atoms with van der Waals surface area (Å²) in [6.07, 6.45) is 0. The molecule has 0 N–H and O–H groups in total. The summed E-state index contributed by atoms with van der Waals surface area (Å²) >= 11 is 0. The third kappa shape index (κ3) is 3.85. The number of anilines is 1. The fourth-order valence-electron chi connectivity index (χ4n) is 2.20. The zero-order chi connectivity index (χ0) is 16.1. The molecule has 0 radical (unpaired) electrons. The third-order valence-electron chi connectivity index (χ3n) is 3.45. The molecule has 4 heteroatoms. The Hall–Kier alpha value is -2.36. The number of ether oxygens (including phenoxy) is 1. The maximum absolute atomic E-state index is 13.0. The molecule has 2 aromatic rings. The number of amides is 1. The Kier molecular flexibility index (Phi) is 5.15. The van der Waals surface area contributed by atoms with Gasteiger partial charge in [-0.05, 0) is 62.2 Å². The molecule has 0 aromatic heterocycles. The number of aryl methyl sites for hydroxylation is 2. The summed E-state index contributed by atoms with van der Waals surface area (Å²) in [6.45, 7) is 6.25. The van der Waals surface area contributed by atoms with Gasteiger partial charge < -0.3 is 9.64 Å². The Morgan fingerprint density at radius 3 is 2.45 bits per heavy atom. The van der Waals surface area contributed by atoms with Crippen molar-refractivity contribution in [3.63, 3.8) is 0 Å². The molecule has 0 unspecified atom stereocenters. The van der Waals surface area contributed by atoms with Crippen LogP contribution in [0.5, 0.6) is 5.75 Å². The lowest BCUT2D eigenvalue weighted by molar-refractivity contribution is -0.120. The molecule has 0 aliphatic carbocycles. The van der Waals surface area contributed by atoms with Gasteiger partial charge in [-0.1, -0.05) is 12.1 Å². The highest BCUT2D eigenvalue weighted by Gasteiger charge is 2.15. The first kappa shape index (κ1) is 16.0. The SMILES string of the molecule is CCN(C(=O)COc1cc(C)ccc1C)c1ccc(F)cc1. The van der Waals surface area contributed by atoms with E-state index in [9.17, 15) is 9.18 Å². The second-order valence-corrected chi connectivity index (χ2v) is 5.17. The predicted molar refractivity (Wildman–Crippen MR) is 85.8 cm³/mol. The van der Waals surface area contributed by atoms with E-state index in [1.165, 1.54) is 12.1 Å². The van der Waals surface area contributed by atoms with E-state index < -0.39 is 0 Å². The molecule has 0 bridgehead atoms. The van der Waals surface area contributed by atoms with Gasteiger partial charge in [-0.3, -0.25) is 4.79 Å². The van der Waals surface area contributed by atoms with Gasteiger partial charge in [0.2, 0.25) is 0 Å². The zero-order valence-corrected chi connectivity index (χ0v) is 13.1. The van der Waals surface area contributed by atoms with Crippen molar-refractivity contribution in [1.29, 1.82) is 0 Å². The smallest absolute Gasteiger partial charge is 0.264 e. The quantitative estimate of drug-likeness (QED) is 0.839. The van der Waals surface area contributed by atoms with Crippen LogP contribution in [-0.2, 0) is 4.79 Å². The molecule has 0 fully saturated rings. The Labute approximate surface area is 130 Å². The van der Waals surface area contributed by atoms with Crippen LogP contribution in [-0.4, -0.2) is 19.1 Å². The van der Waals surface area contributed by atoms with Gasteiger partial charge >= 0.3 is 0 Å². The minimum absolute atomic E-state index is 0.0461. The molecule has 0 aliphatic rings. The van der Waals surface area contributed by atoms with Gasteiger partial charge in [-0.15, -0.1) is 0 Å². The minimum Gasteiger partial charge on any atom is -0.483 e. The zero-order valence-electron chi connectivity index (χ0n) is 13.1. The van der Waals surface area contributed by atoms with Crippen LogP contribution in [0.4, 0.5) is 10.1 Å². The second-order valence-electron chi connectivity index (χ2n) is 5.17. The molecule has 3 nitrogen and oxygen atoms in total. The summed E-state index contributed by atoms with van der Waals surface area (Å²) < 4.78 is 18.6. The summed E-state index contributed by atoms with van der Waals surface area (Å²) in [4.78, 5) is 13.9. The number of carbonyl (C=O) groups is 1. The lowest BCUT2D eigenvalue weighted by Crippen LogP contribution is -2.34. The van der Waals surface area contributed by atoms with Crippen LogP contribution in [0.3, 0.4) is 0 Å². The average molecular weight is 301 g/mol. The summed E-state index contributed by atoms with van der Waals surface area (Å²) in [7, 11) is 0. The molecule has 0 heterocycles. The molecule has 0 aliphatic heterocycles. The number of benzene rings is 2. The molecule has 0 atom stereocenters. The molecule has 0 spiro atoms. The standard InChI is InChI=1S/C18H20FNO2/c1-4-20(16-9-7-15(19)8-10-16)18(21)12-22-17-11-13(2)5-6-14(17)3/h5-11H,4,12H2,1-3H3. The number of hydrogen-bond acceptors (Lipinski definition) is 2. The molecule has 0 saturated heterocycles. The Bertz CT molecular complexity index is 653. The first-order valence-corrected chi connectivity index (χ1v) is 7.27. The highest BCUT2D eigenvalue weighted by molar-refractivity contribution is 5.94. The van der Waals surface area contributed by atoms with Crippen molar-refractivity contribution >= 4 is 11.6 Å². The molecule has 0 saturated carbocycles. The van der Waals surface area contributed by atoms with E-state index >= 15 is 0 Å².